The quantitative estimate of drug-likeness (QED) is 0.551. The Labute approximate surface area is 187 Å². The summed E-state index contributed by atoms with van der Waals surface area (Å²) in [5, 5.41) is 13.7. The highest BCUT2D eigenvalue weighted by Gasteiger charge is 2.40. The SMILES string of the molecule is O=C(NC1CCCC(Nc2nc(-c3[nH]nc4ncccc34)ncc2F)C1)N1CCC(F)(F)C1. The summed E-state index contributed by atoms with van der Waals surface area (Å²) in [5.41, 5.74) is 1.05. The number of amides is 2. The van der Waals surface area contributed by atoms with Crippen LogP contribution in [-0.4, -0.2) is 67.2 Å². The van der Waals surface area contributed by atoms with E-state index in [1.165, 1.54) is 0 Å². The van der Waals surface area contributed by atoms with Crippen LogP contribution in [0.1, 0.15) is 32.1 Å². The molecule has 0 spiro atoms. The average Bonchev–Trinajstić information content (AvgIpc) is 3.39. The number of rotatable bonds is 4. The van der Waals surface area contributed by atoms with Crippen molar-refractivity contribution in [3.63, 3.8) is 0 Å². The fraction of sp³-hybridized carbons (Fsp3) is 0.476. The predicted molar refractivity (Wildman–Crippen MR) is 114 cm³/mol. The van der Waals surface area contributed by atoms with Gasteiger partial charge in [0.25, 0.3) is 5.92 Å². The fourth-order valence-electron chi connectivity index (χ4n) is 4.43. The minimum absolute atomic E-state index is 0.0416. The molecule has 12 heteroatoms. The molecule has 5 rings (SSSR count). The molecule has 1 saturated carbocycles. The Morgan fingerprint density at radius 1 is 1.24 bits per heavy atom. The number of carbonyl (C=O) groups excluding carboxylic acids is 1. The summed E-state index contributed by atoms with van der Waals surface area (Å²) in [4.78, 5) is 26.1. The molecule has 3 aromatic rings. The van der Waals surface area contributed by atoms with Gasteiger partial charge in [-0.15, -0.1) is 0 Å². The number of hydrogen-bond acceptors (Lipinski definition) is 6. The lowest BCUT2D eigenvalue weighted by atomic mass is 9.91. The number of carbonyl (C=O) groups is 1. The summed E-state index contributed by atoms with van der Waals surface area (Å²) >= 11 is 0. The first-order valence-corrected chi connectivity index (χ1v) is 10.9. The van der Waals surface area contributed by atoms with Crippen LogP contribution in [0.25, 0.3) is 22.6 Å². The van der Waals surface area contributed by atoms with Gasteiger partial charge in [-0.2, -0.15) is 5.10 Å². The number of pyridine rings is 1. The Balaban J connectivity index is 1.26. The zero-order valence-electron chi connectivity index (χ0n) is 17.7. The molecule has 2 aliphatic rings. The Morgan fingerprint density at radius 3 is 2.91 bits per heavy atom. The van der Waals surface area contributed by atoms with Crippen LogP contribution in [0.5, 0.6) is 0 Å². The van der Waals surface area contributed by atoms with Crippen LogP contribution >= 0.6 is 0 Å². The van der Waals surface area contributed by atoms with Crippen LogP contribution < -0.4 is 10.6 Å². The van der Waals surface area contributed by atoms with Crippen molar-refractivity contribution in [2.45, 2.75) is 50.1 Å². The van der Waals surface area contributed by atoms with Crippen LogP contribution in [0.2, 0.25) is 0 Å². The van der Waals surface area contributed by atoms with E-state index >= 15 is 0 Å². The molecule has 2 atom stereocenters. The first-order valence-electron chi connectivity index (χ1n) is 10.9. The second-order valence-electron chi connectivity index (χ2n) is 8.55. The number of anilines is 1. The zero-order valence-corrected chi connectivity index (χ0v) is 17.7. The summed E-state index contributed by atoms with van der Waals surface area (Å²) in [6.45, 7) is -0.514. The molecule has 1 saturated heterocycles. The van der Waals surface area contributed by atoms with Crippen molar-refractivity contribution in [3.8, 4) is 11.5 Å². The molecule has 3 N–H and O–H groups in total. The fourth-order valence-corrected chi connectivity index (χ4v) is 4.43. The van der Waals surface area contributed by atoms with Crippen LogP contribution in [0.15, 0.2) is 24.5 Å². The second-order valence-corrected chi connectivity index (χ2v) is 8.55. The molecule has 0 bridgehead atoms. The van der Waals surface area contributed by atoms with Crippen LogP contribution in [0.4, 0.5) is 23.8 Å². The highest BCUT2D eigenvalue weighted by Crippen LogP contribution is 2.28. The minimum Gasteiger partial charge on any atom is -0.365 e. The Bertz CT molecular complexity index is 1170. The van der Waals surface area contributed by atoms with E-state index in [0.717, 1.165) is 35.7 Å². The molecule has 4 heterocycles. The number of hydrogen-bond donors (Lipinski definition) is 3. The van der Waals surface area contributed by atoms with Gasteiger partial charge >= 0.3 is 6.03 Å². The number of H-pyrrole nitrogens is 1. The molecule has 2 amide bonds. The Hall–Kier alpha value is -3.44. The van der Waals surface area contributed by atoms with E-state index in [2.05, 4.69) is 35.8 Å². The maximum absolute atomic E-state index is 14.5. The van der Waals surface area contributed by atoms with Crippen molar-refractivity contribution in [2.75, 3.05) is 18.4 Å². The third-order valence-corrected chi connectivity index (χ3v) is 6.10. The van der Waals surface area contributed by atoms with Gasteiger partial charge in [0.1, 0.15) is 5.69 Å². The van der Waals surface area contributed by atoms with Crippen LogP contribution in [0.3, 0.4) is 0 Å². The van der Waals surface area contributed by atoms with E-state index < -0.39 is 24.3 Å². The number of aromatic amines is 1. The average molecular weight is 460 g/mol. The van der Waals surface area contributed by atoms with Gasteiger partial charge < -0.3 is 15.5 Å². The summed E-state index contributed by atoms with van der Waals surface area (Å²) < 4.78 is 41.3. The van der Waals surface area contributed by atoms with Crippen LogP contribution in [0, 0.1) is 5.82 Å². The lowest BCUT2D eigenvalue weighted by molar-refractivity contribution is 0.0152. The van der Waals surface area contributed by atoms with Gasteiger partial charge in [-0.3, -0.25) is 5.10 Å². The number of fused-ring (bicyclic) bond motifs is 1. The molecule has 0 aromatic carbocycles. The summed E-state index contributed by atoms with van der Waals surface area (Å²) in [5.74, 6) is -3.08. The normalized spacial score (nSPS) is 22.5. The molecule has 3 aromatic heterocycles. The summed E-state index contributed by atoms with van der Waals surface area (Å²) in [7, 11) is 0. The van der Waals surface area contributed by atoms with Crippen molar-refractivity contribution in [2.24, 2.45) is 0 Å². The van der Waals surface area contributed by atoms with E-state index in [-0.39, 0.29) is 36.7 Å². The number of urea groups is 1. The highest BCUT2D eigenvalue weighted by atomic mass is 19.3. The molecule has 33 heavy (non-hydrogen) atoms. The van der Waals surface area contributed by atoms with Gasteiger partial charge in [-0.05, 0) is 37.8 Å². The lowest BCUT2D eigenvalue weighted by Gasteiger charge is -2.32. The smallest absolute Gasteiger partial charge is 0.317 e. The molecule has 2 unspecified atom stereocenters. The van der Waals surface area contributed by atoms with E-state index in [1.54, 1.807) is 12.3 Å². The maximum atomic E-state index is 14.5. The molecule has 2 fully saturated rings. The number of alkyl halides is 2. The van der Waals surface area contributed by atoms with Crippen molar-refractivity contribution in [3.05, 3.63) is 30.3 Å². The Morgan fingerprint density at radius 2 is 2.09 bits per heavy atom. The van der Waals surface area contributed by atoms with Crippen LogP contribution in [-0.2, 0) is 0 Å². The van der Waals surface area contributed by atoms with E-state index in [9.17, 15) is 18.0 Å². The molecule has 9 nitrogen and oxygen atoms in total. The first-order chi connectivity index (χ1) is 15.9. The van der Waals surface area contributed by atoms with Crippen molar-refractivity contribution in [1.82, 2.24) is 35.4 Å². The van der Waals surface area contributed by atoms with E-state index in [0.29, 0.717) is 17.8 Å². The number of likely N-dealkylation sites (tertiary alicyclic amines) is 1. The minimum atomic E-state index is -2.83. The molecule has 1 aliphatic heterocycles. The van der Waals surface area contributed by atoms with Gasteiger partial charge in [0.2, 0.25) is 0 Å². The highest BCUT2D eigenvalue weighted by molar-refractivity contribution is 5.88. The predicted octanol–water partition coefficient (Wildman–Crippen LogP) is 3.33. The van der Waals surface area contributed by atoms with Crippen molar-refractivity contribution >= 4 is 22.9 Å². The number of nitrogens with one attached hydrogen (secondary N) is 3. The monoisotopic (exact) mass is 460 g/mol. The number of nitrogens with zero attached hydrogens (tertiary/aromatic N) is 5. The standard InChI is InChI=1S/C21H23F3N8O/c22-15-10-26-19(16-14-5-2-7-25-17(14)31-30-16)29-18(15)27-12-3-1-4-13(9-12)28-20(33)32-8-6-21(23,24)11-32/h2,5,7,10,12-13H,1,3-4,6,8-9,11H2,(H,28,33)(H,25,30,31)(H,26,27,29). The molecular formula is C21H23F3N8O. The number of aromatic nitrogens is 5. The Kier molecular flexibility index (Phi) is 5.51. The van der Waals surface area contributed by atoms with E-state index in [1.807, 2.05) is 6.07 Å². The molecule has 0 radical (unpaired) electrons. The number of halogens is 3. The molecular weight excluding hydrogens is 437 g/mol. The van der Waals surface area contributed by atoms with Gasteiger partial charge in [0, 0.05) is 36.6 Å². The second kappa shape index (κ2) is 8.49. The van der Waals surface area contributed by atoms with Gasteiger partial charge in [-0.25, -0.2) is 32.9 Å². The first kappa shape index (κ1) is 21.4. The summed E-state index contributed by atoms with van der Waals surface area (Å²) in [6.07, 6.45) is 5.25. The lowest BCUT2D eigenvalue weighted by Crippen LogP contribution is -2.47. The molecule has 174 valence electrons. The van der Waals surface area contributed by atoms with Gasteiger partial charge in [0.15, 0.2) is 23.1 Å². The maximum Gasteiger partial charge on any atom is 0.317 e. The van der Waals surface area contributed by atoms with E-state index in [4.69, 9.17) is 0 Å². The van der Waals surface area contributed by atoms with Gasteiger partial charge in [0.05, 0.1) is 12.7 Å². The largest absolute Gasteiger partial charge is 0.365 e. The third kappa shape index (κ3) is 4.55. The topological polar surface area (TPSA) is 112 Å². The van der Waals surface area contributed by atoms with Gasteiger partial charge in [-0.1, -0.05) is 0 Å². The third-order valence-electron chi connectivity index (χ3n) is 6.10. The van der Waals surface area contributed by atoms with Crippen molar-refractivity contribution < 1.29 is 18.0 Å². The molecule has 1 aliphatic carbocycles. The van der Waals surface area contributed by atoms with Crippen molar-refractivity contribution in [1.29, 1.82) is 0 Å². The zero-order chi connectivity index (χ0) is 23.0. The summed E-state index contributed by atoms with van der Waals surface area (Å²) in [6, 6.07) is 2.79.